The summed E-state index contributed by atoms with van der Waals surface area (Å²) in [5, 5.41) is 3.27. The van der Waals surface area contributed by atoms with Gasteiger partial charge in [0.15, 0.2) is 11.4 Å². The van der Waals surface area contributed by atoms with Crippen molar-refractivity contribution < 1.29 is 14.3 Å². The lowest BCUT2D eigenvalue weighted by molar-refractivity contribution is 0.0445. The van der Waals surface area contributed by atoms with Crippen LogP contribution in [0.3, 0.4) is 0 Å². The Morgan fingerprint density at radius 2 is 1.77 bits per heavy atom. The molecule has 0 N–H and O–H groups in total. The summed E-state index contributed by atoms with van der Waals surface area (Å²) in [6.45, 7) is 2.23. The Morgan fingerprint density at radius 1 is 1.08 bits per heavy atom. The van der Waals surface area contributed by atoms with E-state index in [2.05, 4.69) is 4.98 Å². The van der Waals surface area contributed by atoms with Crippen molar-refractivity contribution in [1.29, 1.82) is 0 Å². The van der Waals surface area contributed by atoms with Crippen LogP contribution >= 0.6 is 34.5 Å². The average molecular weight is 408 g/mol. The third-order valence-electron chi connectivity index (χ3n) is 3.49. The van der Waals surface area contributed by atoms with Crippen molar-refractivity contribution in [1.82, 2.24) is 4.98 Å². The van der Waals surface area contributed by atoms with Crippen LogP contribution in [0.5, 0.6) is 5.75 Å². The number of para-hydroxylation sites is 1. The maximum atomic E-state index is 12.1. The number of aromatic nitrogens is 1. The SMILES string of the molecule is Cc1ccc(-c2nc(C(=O)OCCOc3c(Cl)cccc3Cl)cs2)cc1. The number of thiazole rings is 1. The van der Waals surface area contributed by atoms with Crippen LogP contribution < -0.4 is 4.74 Å². The number of ether oxygens (including phenoxy) is 2. The fourth-order valence-corrected chi connectivity index (χ4v) is 3.47. The van der Waals surface area contributed by atoms with Gasteiger partial charge < -0.3 is 9.47 Å². The molecule has 1 heterocycles. The molecule has 1 aromatic heterocycles. The lowest BCUT2D eigenvalue weighted by Crippen LogP contribution is -2.13. The number of halogens is 2. The number of hydrogen-bond acceptors (Lipinski definition) is 5. The zero-order valence-corrected chi connectivity index (χ0v) is 16.2. The highest BCUT2D eigenvalue weighted by Gasteiger charge is 2.14. The van der Waals surface area contributed by atoms with Crippen LogP contribution in [0.25, 0.3) is 10.6 Å². The molecule has 0 fully saturated rings. The van der Waals surface area contributed by atoms with Crippen LogP contribution in [-0.4, -0.2) is 24.2 Å². The summed E-state index contributed by atoms with van der Waals surface area (Å²) < 4.78 is 10.7. The van der Waals surface area contributed by atoms with Gasteiger partial charge in [0.25, 0.3) is 0 Å². The number of aryl methyl sites for hydroxylation is 1. The molecule has 2 aromatic carbocycles. The van der Waals surface area contributed by atoms with E-state index in [0.29, 0.717) is 15.8 Å². The molecule has 0 saturated carbocycles. The molecule has 134 valence electrons. The fraction of sp³-hybridized carbons (Fsp3) is 0.158. The standard InChI is InChI=1S/C19H15Cl2NO3S/c1-12-5-7-13(8-6-12)18-22-16(11-26-18)19(23)25-10-9-24-17-14(20)3-2-4-15(17)21/h2-8,11H,9-10H2,1H3. The maximum absolute atomic E-state index is 12.1. The highest BCUT2D eigenvalue weighted by atomic mass is 35.5. The van der Waals surface area contributed by atoms with Gasteiger partial charge >= 0.3 is 5.97 Å². The number of hydrogen-bond donors (Lipinski definition) is 0. The summed E-state index contributed by atoms with van der Waals surface area (Å²) in [6, 6.07) is 13.0. The summed E-state index contributed by atoms with van der Waals surface area (Å²) in [4.78, 5) is 16.4. The van der Waals surface area contributed by atoms with E-state index in [4.69, 9.17) is 32.7 Å². The van der Waals surface area contributed by atoms with Gasteiger partial charge in [0.05, 0.1) is 10.0 Å². The number of carbonyl (C=O) groups is 1. The molecule has 3 aromatic rings. The Kier molecular flexibility index (Phi) is 6.14. The zero-order valence-electron chi connectivity index (χ0n) is 13.9. The van der Waals surface area contributed by atoms with Crippen LogP contribution in [0.2, 0.25) is 10.0 Å². The topological polar surface area (TPSA) is 48.4 Å². The highest BCUT2D eigenvalue weighted by molar-refractivity contribution is 7.13. The third-order valence-corrected chi connectivity index (χ3v) is 4.98. The lowest BCUT2D eigenvalue weighted by Gasteiger charge is -2.09. The first kappa shape index (κ1) is 18.7. The normalized spacial score (nSPS) is 10.6. The summed E-state index contributed by atoms with van der Waals surface area (Å²) in [6.07, 6.45) is 0. The van der Waals surface area contributed by atoms with Crippen molar-refractivity contribution in [3.05, 3.63) is 69.1 Å². The molecule has 7 heteroatoms. The van der Waals surface area contributed by atoms with Crippen LogP contribution in [0.4, 0.5) is 0 Å². The highest BCUT2D eigenvalue weighted by Crippen LogP contribution is 2.32. The van der Waals surface area contributed by atoms with Crippen LogP contribution in [0.15, 0.2) is 47.8 Å². The summed E-state index contributed by atoms with van der Waals surface area (Å²) in [5.41, 5.74) is 2.42. The molecular formula is C19H15Cl2NO3S. The van der Waals surface area contributed by atoms with Gasteiger partial charge in [-0.2, -0.15) is 0 Å². The molecule has 0 aliphatic heterocycles. The van der Waals surface area contributed by atoms with Gasteiger partial charge in [-0.3, -0.25) is 0 Å². The first-order valence-corrected chi connectivity index (χ1v) is 9.44. The second kappa shape index (κ2) is 8.54. The van der Waals surface area contributed by atoms with E-state index in [1.165, 1.54) is 16.9 Å². The quantitative estimate of drug-likeness (QED) is 0.390. The van der Waals surface area contributed by atoms with Gasteiger partial charge in [-0.05, 0) is 19.1 Å². The molecule has 26 heavy (non-hydrogen) atoms. The molecule has 3 rings (SSSR count). The fourth-order valence-electron chi connectivity index (χ4n) is 2.17. The van der Waals surface area contributed by atoms with E-state index in [0.717, 1.165) is 10.6 Å². The van der Waals surface area contributed by atoms with Gasteiger partial charge in [0, 0.05) is 10.9 Å². The second-order valence-corrected chi connectivity index (χ2v) is 7.11. The van der Waals surface area contributed by atoms with E-state index in [1.54, 1.807) is 23.6 Å². The molecule has 0 radical (unpaired) electrons. The monoisotopic (exact) mass is 407 g/mol. The number of nitrogens with zero attached hydrogens (tertiary/aromatic N) is 1. The molecule has 0 unspecified atom stereocenters. The molecule has 0 aliphatic rings. The van der Waals surface area contributed by atoms with Crippen LogP contribution in [0.1, 0.15) is 16.1 Å². The van der Waals surface area contributed by atoms with Crippen LogP contribution in [-0.2, 0) is 4.74 Å². The first-order chi connectivity index (χ1) is 12.5. The molecular weight excluding hydrogens is 393 g/mol. The van der Waals surface area contributed by atoms with Gasteiger partial charge in [-0.1, -0.05) is 59.1 Å². The Morgan fingerprint density at radius 3 is 2.46 bits per heavy atom. The maximum Gasteiger partial charge on any atom is 0.357 e. The Bertz CT molecular complexity index is 889. The Labute approximate surface area is 165 Å². The minimum absolute atomic E-state index is 0.0672. The molecule has 0 saturated heterocycles. The van der Waals surface area contributed by atoms with Crippen molar-refractivity contribution in [3.63, 3.8) is 0 Å². The molecule has 0 aliphatic carbocycles. The number of carbonyl (C=O) groups excluding carboxylic acids is 1. The first-order valence-electron chi connectivity index (χ1n) is 7.81. The third kappa shape index (κ3) is 4.55. The Balaban J connectivity index is 1.53. The lowest BCUT2D eigenvalue weighted by atomic mass is 10.2. The van der Waals surface area contributed by atoms with Crippen molar-refractivity contribution in [2.24, 2.45) is 0 Å². The van der Waals surface area contributed by atoms with Gasteiger partial charge in [0.2, 0.25) is 0 Å². The minimum Gasteiger partial charge on any atom is -0.487 e. The number of rotatable bonds is 6. The molecule has 4 nitrogen and oxygen atoms in total. The van der Waals surface area contributed by atoms with E-state index >= 15 is 0 Å². The Hall–Kier alpha value is -2.08. The van der Waals surface area contributed by atoms with Gasteiger partial charge in [-0.15, -0.1) is 11.3 Å². The summed E-state index contributed by atoms with van der Waals surface area (Å²) >= 11 is 13.4. The van der Waals surface area contributed by atoms with E-state index in [-0.39, 0.29) is 18.9 Å². The molecule has 0 bridgehead atoms. The average Bonchev–Trinajstić information content (AvgIpc) is 3.11. The minimum atomic E-state index is -0.492. The zero-order chi connectivity index (χ0) is 18.5. The number of esters is 1. The number of benzene rings is 2. The van der Waals surface area contributed by atoms with Crippen molar-refractivity contribution in [3.8, 4) is 16.3 Å². The van der Waals surface area contributed by atoms with Crippen molar-refractivity contribution in [2.75, 3.05) is 13.2 Å². The molecule has 0 amide bonds. The second-order valence-electron chi connectivity index (χ2n) is 5.44. The van der Waals surface area contributed by atoms with Crippen molar-refractivity contribution >= 4 is 40.5 Å². The molecule has 0 atom stereocenters. The largest absolute Gasteiger partial charge is 0.487 e. The summed E-state index contributed by atoms with van der Waals surface area (Å²) in [7, 11) is 0. The predicted octanol–water partition coefficient (Wildman–Crippen LogP) is 5.66. The predicted molar refractivity (Wildman–Crippen MR) is 105 cm³/mol. The summed E-state index contributed by atoms with van der Waals surface area (Å²) in [5.74, 6) is -0.115. The van der Waals surface area contributed by atoms with Gasteiger partial charge in [-0.25, -0.2) is 9.78 Å². The van der Waals surface area contributed by atoms with E-state index in [1.807, 2.05) is 31.2 Å². The van der Waals surface area contributed by atoms with E-state index < -0.39 is 5.97 Å². The van der Waals surface area contributed by atoms with E-state index in [9.17, 15) is 4.79 Å². The van der Waals surface area contributed by atoms with Gasteiger partial charge in [0.1, 0.15) is 18.2 Å². The van der Waals surface area contributed by atoms with Crippen LogP contribution in [0, 0.1) is 6.92 Å². The molecule has 0 spiro atoms. The smallest absolute Gasteiger partial charge is 0.357 e. The van der Waals surface area contributed by atoms with Crippen molar-refractivity contribution in [2.45, 2.75) is 6.92 Å².